The molecule has 0 bridgehead atoms. The van der Waals surface area contributed by atoms with Crippen molar-refractivity contribution in [3.05, 3.63) is 88.9 Å². The minimum absolute atomic E-state index is 0.0635. The number of aryl methyl sites for hydroxylation is 1. The second kappa shape index (κ2) is 9.82. The third kappa shape index (κ3) is 5.78. The summed E-state index contributed by atoms with van der Waals surface area (Å²) in [4.78, 5) is 1.76. The zero-order valence-corrected chi connectivity index (χ0v) is 20.3. The molecule has 4 rings (SSSR count). The van der Waals surface area contributed by atoms with Gasteiger partial charge in [0.25, 0.3) is 0 Å². The van der Waals surface area contributed by atoms with E-state index >= 15 is 0 Å². The van der Waals surface area contributed by atoms with E-state index in [-0.39, 0.29) is 22.5 Å². The van der Waals surface area contributed by atoms with Crippen LogP contribution in [0.3, 0.4) is 0 Å². The molecule has 16 heteroatoms. The van der Waals surface area contributed by atoms with Crippen LogP contribution in [0.5, 0.6) is 0 Å². The molecular formula is C23H15F7N6O2S. The van der Waals surface area contributed by atoms with Gasteiger partial charge in [0.2, 0.25) is 10.0 Å². The van der Waals surface area contributed by atoms with E-state index in [4.69, 9.17) is 6.57 Å². The van der Waals surface area contributed by atoms with E-state index in [1.807, 2.05) is 4.72 Å². The van der Waals surface area contributed by atoms with Gasteiger partial charge in [0.1, 0.15) is 10.7 Å². The lowest BCUT2D eigenvalue weighted by Crippen LogP contribution is -2.26. The second-order valence-electron chi connectivity index (χ2n) is 8.10. The molecule has 0 aliphatic carbocycles. The van der Waals surface area contributed by atoms with Crippen LogP contribution in [-0.4, -0.2) is 28.0 Å². The largest absolute Gasteiger partial charge is 0.436 e. The first-order valence-electron chi connectivity index (χ1n) is 10.6. The third-order valence-electron chi connectivity index (χ3n) is 5.41. The van der Waals surface area contributed by atoms with Crippen molar-refractivity contribution in [3.63, 3.8) is 0 Å². The molecule has 0 spiro atoms. The summed E-state index contributed by atoms with van der Waals surface area (Å²) in [6.07, 6.45) is -7.77. The number of rotatable bonds is 6. The summed E-state index contributed by atoms with van der Waals surface area (Å²) < 4.78 is 123. The Morgan fingerprint density at radius 1 is 1.00 bits per heavy atom. The van der Waals surface area contributed by atoms with Gasteiger partial charge in [-0.1, -0.05) is 24.3 Å². The highest BCUT2D eigenvalue weighted by Crippen LogP contribution is 2.39. The quantitative estimate of drug-likeness (QED) is 0.245. The first-order chi connectivity index (χ1) is 18.1. The molecule has 2 aromatic carbocycles. The lowest BCUT2D eigenvalue weighted by Gasteiger charge is -2.11. The molecule has 0 fully saturated rings. The van der Waals surface area contributed by atoms with Gasteiger partial charge in [-0.3, -0.25) is 4.68 Å². The summed E-state index contributed by atoms with van der Waals surface area (Å²) >= 11 is 0. The average Bonchev–Trinajstić information content (AvgIpc) is 3.50. The molecule has 0 saturated carbocycles. The maximum absolute atomic E-state index is 14.8. The number of hydrogen-bond acceptors (Lipinski definition) is 4. The van der Waals surface area contributed by atoms with Gasteiger partial charge in [-0.2, -0.15) is 36.5 Å². The zero-order valence-electron chi connectivity index (χ0n) is 19.5. The fraction of sp³-hybridized carbons (Fsp3) is 0.174. The van der Waals surface area contributed by atoms with Gasteiger partial charge in [0, 0.05) is 37.1 Å². The zero-order chi connectivity index (χ0) is 28.8. The highest BCUT2D eigenvalue weighted by Gasteiger charge is 2.41. The highest BCUT2D eigenvalue weighted by atomic mass is 32.2. The van der Waals surface area contributed by atoms with E-state index in [0.717, 1.165) is 29.9 Å². The van der Waals surface area contributed by atoms with Crippen molar-refractivity contribution in [1.82, 2.24) is 24.3 Å². The van der Waals surface area contributed by atoms with Crippen LogP contribution in [-0.2, 0) is 36.0 Å². The predicted molar refractivity (Wildman–Crippen MR) is 122 cm³/mol. The summed E-state index contributed by atoms with van der Waals surface area (Å²) in [5.74, 6) is -0.921. The normalized spacial score (nSPS) is 12.5. The topological polar surface area (TPSA) is 86.2 Å². The second-order valence-corrected chi connectivity index (χ2v) is 9.84. The minimum atomic E-state index is -5.03. The molecule has 204 valence electrons. The number of nitrogens with zero attached hydrogens (tertiary/aromatic N) is 5. The maximum atomic E-state index is 14.8. The third-order valence-corrected chi connectivity index (χ3v) is 6.82. The number of alkyl halides is 6. The Morgan fingerprint density at radius 2 is 1.72 bits per heavy atom. The molecule has 39 heavy (non-hydrogen) atoms. The first-order valence-corrected chi connectivity index (χ1v) is 12.1. The van der Waals surface area contributed by atoms with Crippen molar-refractivity contribution in [1.29, 1.82) is 0 Å². The number of hydrogen-bond donors (Lipinski definition) is 1. The summed E-state index contributed by atoms with van der Waals surface area (Å²) in [6, 6.07) is 7.93. The highest BCUT2D eigenvalue weighted by molar-refractivity contribution is 7.89. The van der Waals surface area contributed by atoms with Gasteiger partial charge in [0.15, 0.2) is 11.4 Å². The monoisotopic (exact) mass is 572 g/mol. The van der Waals surface area contributed by atoms with Gasteiger partial charge in [-0.25, -0.2) is 27.1 Å². The molecule has 0 unspecified atom stereocenters. The van der Waals surface area contributed by atoms with Crippen LogP contribution >= 0.6 is 0 Å². The Bertz CT molecular complexity index is 1700. The fourth-order valence-electron chi connectivity index (χ4n) is 3.57. The Hall–Kier alpha value is -4.23. The van der Waals surface area contributed by atoms with Crippen LogP contribution in [0.4, 0.5) is 36.4 Å². The van der Waals surface area contributed by atoms with Gasteiger partial charge in [-0.15, -0.1) is 0 Å². The van der Waals surface area contributed by atoms with Crippen LogP contribution in [0.1, 0.15) is 16.8 Å². The van der Waals surface area contributed by atoms with Gasteiger partial charge >= 0.3 is 12.4 Å². The lowest BCUT2D eigenvalue weighted by molar-refractivity contribution is -0.143. The van der Waals surface area contributed by atoms with Crippen molar-refractivity contribution in [2.45, 2.75) is 23.8 Å². The number of benzene rings is 2. The van der Waals surface area contributed by atoms with E-state index in [9.17, 15) is 39.2 Å². The molecular weight excluding hydrogens is 557 g/mol. The molecule has 0 saturated heterocycles. The molecule has 0 atom stereocenters. The first kappa shape index (κ1) is 27.8. The molecule has 2 aromatic heterocycles. The van der Waals surface area contributed by atoms with E-state index < -0.39 is 56.6 Å². The van der Waals surface area contributed by atoms with Crippen molar-refractivity contribution < 1.29 is 39.2 Å². The Kier molecular flexibility index (Phi) is 7.00. The average molecular weight is 572 g/mol. The molecule has 2 heterocycles. The van der Waals surface area contributed by atoms with E-state index in [0.29, 0.717) is 10.9 Å². The van der Waals surface area contributed by atoms with Gasteiger partial charge < -0.3 is 0 Å². The number of aromatic nitrogens is 4. The van der Waals surface area contributed by atoms with Crippen LogP contribution in [0.2, 0.25) is 0 Å². The fourth-order valence-corrected chi connectivity index (χ4v) is 4.78. The molecule has 8 nitrogen and oxygen atoms in total. The van der Waals surface area contributed by atoms with Crippen LogP contribution in [0.25, 0.3) is 21.8 Å². The summed E-state index contributed by atoms with van der Waals surface area (Å²) in [7, 11) is -3.60. The van der Waals surface area contributed by atoms with E-state index in [1.54, 1.807) is 0 Å². The summed E-state index contributed by atoms with van der Waals surface area (Å²) in [6.45, 7) is 6.24. The Morgan fingerprint density at radius 3 is 2.33 bits per heavy atom. The smallest absolute Gasteiger partial charge is 0.274 e. The maximum Gasteiger partial charge on any atom is 0.436 e. The SMILES string of the molecule is [C-]#[N+]c1ccc(-c2ccn(-c3ccc(CNS(=O)(=O)c4cn(C)nc4C(F)(F)F)c(F)c3)n2)cc1C(F)(F)F. The van der Waals surface area contributed by atoms with Crippen LogP contribution in [0.15, 0.2) is 59.8 Å². The number of sulfonamides is 1. The Balaban J connectivity index is 1.55. The molecule has 0 aliphatic heterocycles. The Labute approximate surface area is 216 Å². The molecule has 4 aromatic rings. The molecule has 0 radical (unpaired) electrons. The van der Waals surface area contributed by atoms with Crippen molar-refractivity contribution >= 4 is 15.7 Å². The van der Waals surface area contributed by atoms with Crippen molar-refractivity contribution in [3.8, 4) is 16.9 Å². The minimum Gasteiger partial charge on any atom is -0.274 e. The number of halogens is 7. The van der Waals surface area contributed by atoms with Crippen molar-refractivity contribution in [2.75, 3.05) is 0 Å². The van der Waals surface area contributed by atoms with Gasteiger partial charge in [0.05, 0.1) is 23.5 Å². The summed E-state index contributed by atoms with van der Waals surface area (Å²) in [5, 5.41) is 7.27. The van der Waals surface area contributed by atoms with Crippen LogP contribution in [0, 0.1) is 12.4 Å². The molecule has 0 aliphatic rings. The molecule has 1 N–H and O–H groups in total. The van der Waals surface area contributed by atoms with Crippen LogP contribution < -0.4 is 4.72 Å². The van der Waals surface area contributed by atoms with E-state index in [1.165, 1.54) is 30.5 Å². The molecule has 0 amide bonds. The van der Waals surface area contributed by atoms with Gasteiger partial charge in [-0.05, 0) is 18.2 Å². The lowest BCUT2D eigenvalue weighted by atomic mass is 10.1. The number of nitrogens with one attached hydrogen (secondary N) is 1. The standard InChI is InChI=1S/C23H15F7N6O2S/c1-31-19-6-4-13(9-16(19)22(25,26)27)18-7-8-36(33-18)15-5-3-14(17(24)10-15)11-32-39(37,38)20-12-35(2)34-21(20)23(28,29)30/h3-10,12,32H,11H2,2H3. The summed E-state index contributed by atoms with van der Waals surface area (Å²) in [5.41, 5.74) is -3.22. The predicted octanol–water partition coefficient (Wildman–Crippen LogP) is 5.48. The van der Waals surface area contributed by atoms with E-state index in [2.05, 4.69) is 15.0 Å². The van der Waals surface area contributed by atoms with Crippen molar-refractivity contribution in [2.24, 2.45) is 7.05 Å².